The van der Waals surface area contributed by atoms with Gasteiger partial charge in [0.15, 0.2) is 29.3 Å². The van der Waals surface area contributed by atoms with Crippen molar-refractivity contribution in [1.29, 1.82) is 0 Å². The number of Topliss-reactive ketones (excluding diaryl/α,β-unsaturated/α-hetero) is 4. The molecule has 8 atom stereocenters. The fourth-order valence-electron chi connectivity index (χ4n) is 7.05. The Hall–Kier alpha value is -6.64. The number of hydrogen-bond donors (Lipinski definition) is 13. The van der Waals surface area contributed by atoms with Crippen LogP contribution in [-0.2, 0) is 52.7 Å². The van der Waals surface area contributed by atoms with Gasteiger partial charge in [-0.1, -0.05) is 6.58 Å². The molecule has 8 unspecified atom stereocenters. The van der Waals surface area contributed by atoms with E-state index in [-0.39, 0.29) is 76.4 Å². The predicted octanol–water partition coefficient (Wildman–Crippen LogP) is -1.51. The Kier molecular flexibility index (Phi) is 31.4. The minimum atomic E-state index is -1.38. The van der Waals surface area contributed by atoms with Gasteiger partial charge in [-0.2, -0.15) is 11.8 Å². The molecule has 0 fully saturated rings. The lowest BCUT2D eigenvalue weighted by Gasteiger charge is -2.26. The number of thioether (sulfide) groups is 1. The Morgan fingerprint density at radius 2 is 0.958 bits per heavy atom. The van der Waals surface area contributed by atoms with Gasteiger partial charge in [0.2, 0.25) is 23.6 Å². The Labute approximate surface area is 415 Å². The summed E-state index contributed by atoms with van der Waals surface area (Å²) in [6.45, 7) is 4.61. The third kappa shape index (κ3) is 29.2. The average molecular weight is 1030 g/mol. The maximum absolute atomic E-state index is 14.2. The summed E-state index contributed by atoms with van der Waals surface area (Å²) < 4.78 is 0. The van der Waals surface area contributed by atoms with E-state index in [0.717, 1.165) is 0 Å². The molecule has 0 bridgehead atoms. The Morgan fingerprint density at radius 1 is 0.535 bits per heavy atom. The largest absolute Gasteiger partial charge is 0.513 e. The molecule has 26 nitrogen and oxygen atoms in total. The molecular weight excluding hydrogens is 955 g/mol. The zero-order chi connectivity index (χ0) is 54.4. The van der Waals surface area contributed by atoms with Gasteiger partial charge in [-0.05, 0) is 70.3 Å². The van der Waals surface area contributed by atoms with Gasteiger partial charge in [-0.3, -0.25) is 62.7 Å². The molecule has 0 spiro atoms. The summed E-state index contributed by atoms with van der Waals surface area (Å²) in [6, 6.07) is -5.17. The number of aliphatic imine (C=N–C) groups is 2. The van der Waals surface area contributed by atoms with Crippen LogP contribution in [0.25, 0.3) is 0 Å². The number of aliphatic hydroxyl groups excluding tert-OH is 1. The summed E-state index contributed by atoms with van der Waals surface area (Å²) in [7, 11) is 0. The minimum absolute atomic E-state index is 0.00125. The average Bonchev–Trinajstić information content (AvgIpc) is 3.27. The summed E-state index contributed by atoms with van der Waals surface area (Å²) >= 11 is 1.31. The molecule has 400 valence electrons. The third-order valence-electron chi connectivity index (χ3n) is 11.1. The van der Waals surface area contributed by atoms with Crippen LogP contribution < -0.4 is 50.4 Å². The van der Waals surface area contributed by atoms with E-state index in [1.807, 2.05) is 0 Å². The van der Waals surface area contributed by atoms with E-state index in [2.05, 4.69) is 32.5 Å². The van der Waals surface area contributed by atoms with E-state index in [4.69, 9.17) is 39.5 Å². The van der Waals surface area contributed by atoms with Crippen molar-refractivity contribution < 1.29 is 73.2 Å². The summed E-state index contributed by atoms with van der Waals surface area (Å²) in [5, 5.41) is 45.1. The summed E-state index contributed by atoms with van der Waals surface area (Å²) in [4.78, 5) is 150. The van der Waals surface area contributed by atoms with E-state index in [0.29, 0.717) is 5.75 Å². The zero-order valence-corrected chi connectivity index (χ0v) is 41.1. The third-order valence-corrected chi connectivity index (χ3v) is 11.7. The van der Waals surface area contributed by atoms with Crippen LogP contribution in [0.1, 0.15) is 110 Å². The van der Waals surface area contributed by atoms with Crippen LogP contribution in [0.5, 0.6) is 0 Å². The van der Waals surface area contributed by atoms with Crippen LogP contribution in [0.2, 0.25) is 0 Å². The molecule has 0 aliphatic carbocycles. The van der Waals surface area contributed by atoms with Crippen molar-refractivity contribution in [2.75, 3.05) is 25.1 Å². The highest BCUT2D eigenvalue weighted by Gasteiger charge is 2.35. The van der Waals surface area contributed by atoms with Crippen molar-refractivity contribution in [3.63, 3.8) is 0 Å². The number of allylic oxidation sites excluding steroid dienone is 1. The maximum Gasteiger partial charge on any atom is 0.307 e. The number of carboxylic acid groups (broad SMARTS) is 3. The second-order valence-electron chi connectivity index (χ2n) is 17.1. The lowest BCUT2D eigenvalue weighted by molar-refractivity contribution is -0.144. The molecule has 0 aliphatic rings. The van der Waals surface area contributed by atoms with Crippen LogP contribution >= 0.6 is 11.8 Å². The van der Waals surface area contributed by atoms with Crippen molar-refractivity contribution in [2.24, 2.45) is 68.1 Å². The normalized spacial score (nSPS) is 14.3. The van der Waals surface area contributed by atoms with E-state index in [1.54, 1.807) is 6.26 Å². The summed E-state index contributed by atoms with van der Waals surface area (Å²) in [6.07, 6.45) is -3.06. The number of nitrogens with zero attached hydrogens (tertiary/aromatic N) is 2. The molecule has 27 heteroatoms. The number of ketones is 4. The van der Waals surface area contributed by atoms with Crippen molar-refractivity contribution in [1.82, 2.24) is 16.0 Å². The van der Waals surface area contributed by atoms with Gasteiger partial charge in [0.25, 0.3) is 0 Å². The number of nitrogens with two attached hydrogens (primary N) is 6. The second-order valence-corrected chi connectivity index (χ2v) is 18.1. The first-order chi connectivity index (χ1) is 33.2. The van der Waals surface area contributed by atoms with Crippen LogP contribution in [0.4, 0.5) is 0 Å². The van der Waals surface area contributed by atoms with Crippen LogP contribution in [0.3, 0.4) is 0 Å². The van der Waals surface area contributed by atoms with Gasteiger partial charge in [-0.25, -0.2) is 0 Å². The molecule has 0 aromatic heterocycles. The van der Waals surface area contributed by atoms with Gasteiger partial charge >= 0.3 is 17.9 Å². The number of aliphatic carboxylic acids is 3. The molecule has 4 amide bonds. The first kappa shape index (κ1) is 64.4. The van der Waals surface area contributed by atoms with Crippen LogP contribution in [0.15, 0.2) is 22.3 Å². The minimum Gasteiger partial charge on any atom is -0.513 e. The lowest BCUT2D eigenvalue weighted by atomic mass is 9.89. The zero-order valence-electron chi connectivity index (χ0n) is 40.3. The molecule has 0 heterocycles. The van der Waals surface area contributed by atoms with E-state index in [9.17, 15) is 68.1 Å². The number of carbonyl (C=O) groups is 11. The quantitative estimate of drug-likeness (QED) is 0.0143. The van der Waals surface area contributed by atoms with Gasteiger partial charge in [0.1, 0.15) is 5.78 Å². The molecule has 0 rings (SSSR count). The number of aliphatic hydroxyl groups is 1. The Morgan fingerprint density at radius 3 is 1.41 bits per heavy atom. The van der Waals surface area contributed by atoms with Crippen LogP contribution in [-0.4, -0.2) is 146 Å². The van der Waals surface area contributed by atoms with E-state index >= 15 is 0 Å². The maximum atomic E-state index is 14.2. The predicted molar refractivity (Wildman–Crippen MR) is 261 cm³/mol. The first-order valence-electron chi connectivity index (χ1n) is 22.9. The SMILES string of the molecule is C=C(O)CC(CC(=O)C(C)NC(=O)C(CCCN=C(N)N)CC(=O)C(CCCN=C(N)N)NC(=O)C(CCC(N)=O)CC(=O)C(CCSC)NC(=O)C(CCC(=O)O)CC(=O)C(N)CCC(=O)O)C(=O)O. The smallest absolute Gasteiger partial charge is 0.307 e. The molecule has 19 N–H and O–H groups in total. The highest BCUT2D eigenvalue weighted by Crippen LogP contribution is 2.22. The Balaban J connectivity index is 6.81. The van der Waals surface area contributed by atoms with Crippen molar-refractivity contribution in [3.05, 3.63) is 12.3 Å². The highest BCUT2D eigenvalue weighted by atomic mass is 32.2. The lowest BCUT2D eigenvalue weighted by Crippen LogP contribution is -2.48. The van der Waals surface area contributed by atoms with Crippen molar-refractivity contribution in [3.8, 4) is 0 Å². The number of guanidine groups is 2. The number of carbonyl (C=O) groups excluding carboxylic acids is 8. The summed E-state index contributed by atoms with van der Waals surface area (Å²) in [5.74, 6) is -15.8. The molecule has 0 saturated carbocycles. The monoisotopic (exact) mass is 1030 g/mol. The fourth-order valence-corrected chi connectivity index (χ4v) is 7.52. The van der Waals surface area contributed by atoms with E-state index < -0.39 is 170 Å². The Bertz CT molecular complexity index is 1940. The molecule has 0 aromatic carbocycles. The van der Waals surface area contributed by atoms with Gasteiger partial charge in [-0.15, -0.1) is 0 Å². The summed E-state index contributed by atoms with van der Waals surface area (Å²) in [5.41, 5.74) is 33.1. The van der Waals surface area contributed by atoms with E-state index in [1.165, 1.54) is 18.7 Å². The van der Waals surface area contributed by atoms with Crippen molar-refractivity contribution >= 4 is 88.4 Å². The number of rotatable bonds is 41. The number of nitrogens with one attached hydrogen (secondary N) is 3. The molecule has 0 saturated heterocycles. The first-order valence-corrected chi connectivity index (χ1v) is 24.3. The van der Waals surface area contributed by atoms with Gasteiger partial charge in [0, 0.05) is 82.2 Å². The topological polar surface area (TPSA) is 486 Å². The molecule has 0 aromatic rings. The standard InChI is InChI=1S/C44H73N11O15S/c1-23(56)18-28(42(69)70)22-32(57)24(2)53-39(66)25(6-4-15-51-43(47)48)20-34(59)30(7-5-16-52-44(49)50)54-40(67)26(8-11-36(46)61)21-35(60)31(14-17-71-3)55-41(68)27(9-12-37(62)63)19-33(58)29(45)10-13-38(64)65/h24-31,56H,1,4-22,45H2,2-3H3,(H2,46,61)(H,53,66)(H,54,67)(H,55,68)(H,62,63)(H,64,65)(H,69,70)(H4,47,48,51)(H4,49,50,52). The van der Waals surface area contributed by atoms with Gasteiger partial charge in [0.05, 0.1) is 35.8 Å². The highest BCUT2D eigenvalue weighted by molar-refractivity contribution is 7.98. The van der Waals surface area contributed by atoms with Gasteiger partial charge < -0.3 is 70.8 Å². The molecule has 0 radical (unpaired) electrons. The number of carboxylic acids is 3. The number of hydrogen-bond acceptors (Lipinski definition) is 16. The fraction of sp³-hybridized carbons (Fsp3) is 0.659. The number of amides is 4. The van der Waals surface area contributed by atoms with Crippen molar-refractivity contribution in [2.45, 2.75) is 134 Å². The van der Waals surface area contributed by atoms with Crippen LogP contribution in [0, 0.1) is 23.7 Å². The molecule has 71 heavy (non-hydrogen) atoms. The number of primary amides is 1. The molecular formula is C44H73N11O15S. The molecule has 0 aliphatic heterocycles. The second kappa shape index (κ2) is 34.6.